The van der Waals surface area contributed by atoms with E-state index in [0.29, 0.717) is 12.1 Å². The summed E-state index contributed by atoms with van der Waals surface area (Å²) in [6, 6.07) is 15.5. The smallest absolute Gasteiger partial charge is 0.254 e. The van der Waals surface area contributed by atoms with Crippen LogP contribution in [0.3, 0.4) is 0 Å². The molecule has 0 bridgehead atoms. The first-order valence-corrected chi connectivity index (χ1v) is 9.12. The lowest BCUT2D eigenvalue weighted by molar-refractivity contribution is -0.123. The summed E-state index contributed by atoms with van der Waals surface area (Å²) in [5, 5.41) is 2.90. The molecule has 1 aliphatic rings. The summed E-state index contributed by atoms with van der Waals surface area (Å²) < 4.78 is 0. The van der Waals surface area contributed by atoms with Gasteiger partial charge in [0, 0.05) is 28.8 Å². The lowest BCUT2D eigenvalue weighted by atomic mass is 9.96. The lowest BCUT2D eigenvalue weighted by Crippen LogP contribution is -2.48. The maximum absolute atomic E-state index is 12.7. The number of fused-ring (bicyclic) bond motifs is 1. The molecule has 0 saturated heterocycles. The number of rotatable bonds is 2. The van der Waals surface area contributed by atoms with Gasteiger partial charge in [0.05, 0.1) is 6.54 Å². The predicted octanol–water partition coefficient (Wildman–Crippen LogP) is 3.00. The summed E-state index contributed by atoms with van der Waals surface area (Å²) in [4.78, 5) is 26.5. The SMILES string of the molecule is CC(C)(C)NC(=O)CN1CCc2cc(C#Cc3ccccc3)ccc2C1=O. The number of hydrogen-bond donors (Lipinski definition) is 1. The molecule has 138 valence electrons. The molecule has 4 nitrogen and oxygen atoms in total. The van der Waals surface area contributed by atoms with Crippen molar-refractivity contribution in [2.24, 2.45) is 0 Å². The highest BCUT2D eigenvalue weighted by atomic mass is 16.2. The predicted molar refractivity (Wildman–Crippen MR) is 106 cm³/mol. The van der Waals surface area contributed by atoms with Crippen LogP contribution < -0.4 is 5.32 Å². The van der Waals surface area contributed by atoms with E-state index in [-0.39, 0.29) is 23.9 Å². The van der Waals surface area contributed by atoms with E-state index in [4.69, 9.17) is 0 Å². The van der Waals surface area contributed by atoms with Crippen LogP contribution in [0.25, 0.3) is 0 Å². The number of benzene rings is 2. The second-order valence-electron chi connectivity index (χ2n) is 7.76. The van der Waals surface area contributed by atoms with E-state index in [1.165, 1.54) is 0 Å². The fourth-order valence-corrected chi connectivity index (χ4v) is 3.06. The van der Waals surface area contributed by atoms with E-state index in [2.05, 4.69) is 17.2 Å². The van der Waals surface area contributed by atoms with Crippen molar-refractivity contribution in [1.29, 1.82) is 0 Å². The maximum atomic E-state index is 12.7. The van der Waals surface area contributed by atoms with Crippen molar-refractivity contribution < 1.29 is 9.59 Å². The van der Waals surface area contributed by atoms with Gasteiger partial charge in [0.25, 0.3) is 5.91 Å². The molecule has 0 fully saturated rings. The second-order valence-corrected chi connectivity index (χ2v) is 7.76. The monoisotopic (exact) mass is 360 g/mol. The van der Waals surface area contributed by atoms with Gasteiger partial charge < -0.3 is 10.2 Å². The standard InChI is InChI=1S/C23H24N2O2/c1-23(2,3)24-21(26)16-25-14-13-19-15-18(11-12-20(19)22(25)27)10-9-17-7-5-4-6-8-17/h4-8,11-12,15H,13-14,16H2,1-3H3,(H,24,26). The van der Waals surface area contributed by atoms with Crippen molar-refractivity contribution in [3.63, 3.8) is 0 Å². The van der Waals surface area contributed by atoms with Gasteiger partial charge in [0.2, 0.25) is 5.91 Å². The molecule has 1 N–H and O–H groups in total. The molecule has 3 rings (SSSR count). The minimum atomic E-state index is -0.305. The van der Waals surface area contributed by atoms with Crippen molar-refractivity contribution >= 4 is 11.8 Å². The Morgan fingerprint density at radius 2 is 1.78 bits per heavy atom. The number of nitrogens with one attached hydrogen (secondary N) is 1. The van der Waals surface area contributed by atoms with Crippen molar-refractivity contribution in [3.05, 3.63) is 70.8 Å². The molecule has 4 heteroatoms. The minimum Gasteiger partial charge on any atom is -0.350 e. The zero-order valence-electron chi connectivity index (χ0n) is 16.0. The van der Waals surface area contributed by atoms with Crippen molar-refractivity contribution in [1.82, 2.24) is 10.2 Å². The molecule has 0 aromatic heterocycles. The zero-order chi connectivity index (χ0) is 19.4. The van der Waals surface area contributed by atoms with Gasteiger partial charge in [0.1, 0.15) is 0 Å². The van der Waals surface area contributed by atoms with Crippen LogP contribution >= 0.6 is 0 Å². The molecule has 1 heterocycles. The van der Waals surface area contributed by atoms with Gasteiger partial charge >= 0.3 is 0 Å². The Kier molecular flexibility index (Phi) is 5.32. The van der Waals surface area contributed by atoms with Gasteiger partial charge in [-0.25, -0.2) is 0 Å². The number of amides is 2. The Balaban J connectivity index is 1.72. The highest BCUT2D eigenvalue weighted by molar-refractivity contribution is 5.99. The van der Waals surface area contributed by atoms with E-state index in [1.54, 1.807) is 4.90 Å². The van der Waals surface area contributed by atoms with Crippen LogP contribution in [0.5, 0.6) is 0 Å². The second kappa shape index (κ2) is 7.67. The minimum absolute atomic E-state index is 0.0884. The third-order valence-corrected chi connectivity index (χ3v) is 4.25. The fraction of sp³-hybridized carbons (Fsp3) is 0.304. The Labute approximate surface area is 160 Å². The third-order valence-electron chi connectivity index (χ3n) is 4.25. The average molecular weight is 360 g/mol. The molecular formula is C23H24N2O2. The molecule has 2 aromatic rings. The first kappa shape index (κ1) is 18.7. The summed E-state index contributed by atoms with van der Waals surface area (Å²) in [6.07, 6.45) is 0.727. The van der Waals surface area contributed by atoms with E-state index in [0.717, 1.165) is 23.1 Å². The Hall–Kier alpha value is -3.06. The Morgan fingerprint density at radius 3 is 2.48 bits per heavy atom. The topological polar surface area (TPSA) is 49.4 Å². The van der Waals surface area contributed by atoms with Gasteiger partial charge in [0.15, 0.2) is 0 Å². The fourth-order valence-electron chi connectivity index (χ4n) is 3.06. The highest BCUT2D eigenvalue weighted by Gasteiger charge is 2.26. The zero-order valence-corrected chi connectivity index (χ0v) is 16.0. The van der Waals surface area contributed by atoms with Gasteiger partial charge in [-0.2, -0.15) is 0 Å². The molecular weight excluding hydrogens is 336 g/mol. The number of carbonyl (C=O) groups excluding carboxylic acids is 2. The molecule has 1 aliphatic heterocycles. The molecule has 0 radical (unpaired) electrons. The Morgan fingerprint density at radius 1 is 1.07 bits per heavy atom. The summed E-state index contributed by atoms with van der Waals surface area (Å²) in [6.45, 7) is 6.41. The largest absolute Gasteiger partial charge is 0.350 e. The van der Waals surface area contributed by atoms with E-state index < -0.39 is 0 Å². The van der Waals surface area contributed by atoms with Crippen LogP contribution in [0.2, 0.25) is 0 Å². The van der Waals surface area contributed by atoms with E-state index >= 15 is 0 Å². The quantitative estimate of drug-likeness (QED) is 0.837. The normalized spacial score (nSPS) is 13.4. The van der Waals surface area contributed by atoms with Crippen LogP contribution in [0.15, 0.2) is 48.5 Å². The molecule has 27 heavy (non-hydrogen) atoms. The van der Waals surface area contributed by atoms with Crippen molar-refractivity contribution in [2.45, 2.75) is 32.7 Å². The molecule has 0 spiro atoms. The van der Waals surface area contributed by atoms with Gasteiger partial charge in [-0.15, -0.1) is 0 Å². The summed E-state index contributed by atoms with van der Waals surface area (Å²) in [5.74, 6) is 6.06. The van der Waals surface area contributed by atoms with Crippen LogP contribution in [0, 0.1) is 11.8 Å². The van der Waals surface area contributed by atoms with Crippen molar-refractivity contribution in [3.8, 4) is 11.8 Å². The van der Waals surface area contributed by atoms with Crippen LogP contribution in [-0.4, -0.2) is 35.3 Å². The molecule has 0 unspecified atom stereocenters. The van der Waals surface area contributed by atoms with E-state index in [9.17, 15) is 9.59 Å². The lowest BCUT2D eigenvalue weighted by Gasteiger charge is -2.29. The summed E-state index contributed by atoms with van der Waals surface area (Å²) in [5.41, 5.74) is 3.20. The summed E-state index contributed by atoms with van der Waals surface area (Å²) in [7, 11) is 0. The molecule has 2 amide bonds. The number of carbonyl (C=O) groups is 2. The first-order chi connectivity index (χ1) is 12.8. The number of hydrogen-bond acceptors (Lipinski definition) is 2. The highest BCUT2D eigenvalue weighted by Crippen LogP contribution is 2.20. The van der Waals surface area contributed by atoms with Gasteiger partial charge in [-0.1, -0.05) is 30.0 Å². The van der Waals surface area contributed by atoms with Gasteiger partial charge in [-0.05, 0) is 63.1 Å². The van der Waals surface area contributed by atoms with Crippen molar-refractivity contribution in [2.75, 3.05) is 13.1 Å². The van der Waals surface area contributed by atoms with E-state index in [1.807, 2.05) is 69.3 Å². The Bertz CT molecular complexity index is 915. The molecule has 2 aromatic carbocycles. The molecule has 0 atom stereocenters. The van der Waals surface area contributed by atoms with Crippen LogP contribution in [0.1, 0.15) is 47.8 Å². The number of nitrogens with zero attached hydrogens (tertiary/aromatic N) is 1. The first-order valence-electron chi connectivity index (χ1n) is 9.12. The average Bonchev–Trinajstić information content (AvgIpc) is 2.62. The van der Waals surface area contributed by atoms with Crippen LogP contribution in [-0.2, 0) is 11.2 Å². The molecule has 0 saturated carbocycles. The maximum Gasteiger partial charge on any atom is 0.254 e. The van der Waals surface area contributed by atoms with Crippen LogP contribution in [0.4, 0.5) is 0 Å². The summed E-state index contributed by atoms with van der Waals surface area (Å²) >= 11 is 0. The van der Waals surface area contributed by atoms with Gasteiger partial charge in [-0.3, -0.25) is 9.59 Å². The molecule has 0 aliphatic carbocycles. The third kappa shape index (κ3) is 4.98.